The third-order valence-corrected chi connectivity index (χ3v) is 3.79. The van der Waals surface area contributed by atoms with Gasteiger partial charge in [0.2, 0.25) is 0 Å². The standard InChI is InChI=1S/C15H21ClFNO/c16-14-10-12(6-7-15(14)17)11-18-8-9-19-13-4-2-1-3-5-13/h6-7,10,13,18H,1-5,8-9,11H2. The molecular formula is C15H21ClFNO. The minimum Gasteiger partial charge on any atom is -0.377 e. The Balaban J connectivity index is 1.59. The summed E-state index contributed by atoms with van der Waals surface area (Å²) in [7, 11) is 0. The van der Waals surface area contributed by atoms with E-state index in [1.165, 1.54) is 38.2 Å². The summed E-state index contributed by atoms with van der Waals surface area (Å²) in [5.41, 5.74) is 0.990. The van der Waals surface area contributed by atoms with Crippen LogP contribution in [0.1, 0.15) is 37.7 Å². The zero-order valence-corrected chi connectivity index (χ0v) is 11.9. The molecule has 0 aliphatic heterocycles. The van der Waals surface area contributed by atoms with Gasteiger partial charge in [-0.25, -0.2) is 4.39 Å². The molecule has 0 bridgehead atoms. The molecule has 19 heavy (non-hydrogen) atoms. The van der Waals surface area contributed by atoms with Crippen LogP contribution in [0.4, 0.5) is 4.39 Å². The molecular weight excluding hydrogens is 265 g/mol. The van der Waals surface area contributed by atoms with Gasteiger partial charge in [0.25, 0.3) is 0 Å². The van der Waals surface area contributed by atoms with Crippen molar-refractivity contribution in [2.45, 2.75) is 44.8 Å². The van der Waals surface area contributed by atoms with Gasteiger partial charge in [-0.2, -0.15) is 0 Å². The van der Waals surface area contributed by atoms with Crippen molar-refractivity contribution in [1.29, 1.82) is 0 Å². The van der Waals surface area contributed by atoms with Crippen LogP contribution in [0.25, 0.3) is 0 Å². The van der Waals surface area contributed by atoms with Gasteiger partial charge >= 0.3 is 0 Å². The highest BCUT2D eigenvalue weighted by atomic mass is 35.5. The number of rotatable bonds is 6. The van der Waals surface area contributed by atoms with E-state index in [1.54, 1.807) is 12.1 Å². The van der Waals surface area contributed by atoms with Crippen molar-refractivity contribution in [2.75, 3.05) is 13.2 Å². The lowest BCUT2D eigenvalue weighted by atomic mass is 9.98. The number of nitrogens with one attached hydrogen (secondary N) is 1. The smallest absolute Gasteiger partial charge is 0.141 e. The lowest BCUT2D eigenvalue weighted by molar-refractivity contribution is 0.0302. The second-order valence-corrected chi connectivity index (χ2v) is 5.46. The first-order chi connectivity index (χ1) is 9.25. The molecule has 0 unspecified atom stereocenters. The zero-order chi connectivity index (χ0) is 13.5. The Morgan fingerprint density at radius 2 is 2.05 bits per heavy atom. The van der Waals surface area contributed by atoms with E-state index in [9.17, 15) is 4.39 Å². The molecule has 1 aromatic rings. The van der Waals surface area contributed by atoms with Crippen LogP contribution < -0.4 is 5.32 Å². The van der Waals surface area contributed by atoms with Crippen molar-refractivity contribution in [3.8, 4) is 0 Å². The van der Waals surface area contributed by atoms with Crippen LogP contribution in [-0.4, -0.2) is 19.3 Å². The van der Waals surface area contributed by atoms with Gasteiger partial charge in [-0.1, -0.05) is 36.9 Å². The molecule has 1 aliphatic carbocycles. The average molecular weight is 286 g/mol. The highest BCUT2D eigenvalue weighted by Crippen LogP contribution is 2.20. The summed E-state index contributed by atoms with van der Waals surface area (Å²) >= 11 is 5.73. The van der Waals surface area contributed by atoms with Crippen molar-refractivity contribution in [3.05, 3.63) is 34.6 Å². The van der Waals surface area contributed by atoms with E-state index in [-0.39, 0.29) is 10.8 Å². The molecule has 2 rings (SSSR count). The Bertz CT molecular complexity index is 394. The molecule has 1 saturated carbocycles. The van der Waals surface area contributed by atoms with E-state index in [0.717, 1.165) is 18.7 Å². The summed E-state index contributed by atoms with van der Waals surface area (Å²) in [6, 6.07) is 4.81. The van der Waals surface area contributed by atoms with Crippen molar-refractivity contribution >= 4 is 11.6 Å². The molecule has 0 spiro atoms. The highest BCUT2D eigenvalue weighted by Gasteiger charge is 2.12. The third-order valence-electron chi connectivity index (χ3n) is 3.50. The van der Waals surface area contributed by atoms with Crippen molar-refractivity contribution in [2.24, 2.45) is 0 Å². The first-order valence-electron chi connectivity index (χ1n) is 7.02. The normalized spacial score (nSPS) is 16.7. The molecule has 0 saturated heterocycles. The first kappa shape index (κ1) is 14.8. The van der Waals surface area contributed by atoms with E-state index in [4.69, 9.17) is 16.3 Å². The minimum absolute atomic E-state index is 0.178. The van der Waals surface area contributed by atoms with E-state index in [0.29, 0.717) is 12.6 Å². The fourth-order valence-corrected chi connectivity index (χ4v) is 2.62. The first-order valence-corrected chi connectivity index (χ1v) is 7.40. The zero-order valence-electron chi connectivity index (χ0n) is 11.1. The van der Waals surface area contributed by atoms with Crippen molar-refractivity contribution < 1.29 is 9.13 Å². The van der Waals surface area contributed by atoms with Crippen LogP contribution in [-0.2, 0) is 11.3 Å². The maximum Gasteiger partial charge on any atom is 0.141 e. The molecule has 0 heterocycles. The summed E-state index contributed by atoms with van der Waals surface area (Å²) in [4.78, 5) is 0. The fraction of sp³-hybridized carbons (Fsp3) is 0.600. The summed E-state index contributed by atoms with van der Waals surface area (Å²) < 4.78 is 18.8. The van der Waals surface area contributed by atoms with Gasteiger partial charge in [-0.3, -0.25) is 0 Å². The minimum atomic E-state index is -0.369. The van der Waals surface area contributed by atoms with Gasteiger partial charge in [-0.05, 0) is 30.5 Å². The number of ether oxygens (including phenoxy) is 1. The fourth-order valence-electron chi connectivity index (χ4n) is 2.41. The van der Waals surface area contributed by atoms with Crippen molar-refractivity contribution in [1.82, 2.24) is 5.32 Å². The topological polar surface area (TPSA) is 21.3 Å². The van der Waals surface area contributed by atoms with Gasteiger partial charge in [0.05, 0.1) is 17.7 Å². The average Bonchev–Trinajstić information content (AvgIpc) is 2.43. The third kappa shape index (κ3) is 5.09. The summed E-state index contributed by atoms with van der Waals surface area (Å²) in [5, 5.41) is 3.46. The van der Waals surface area contributed by atoms with Crippen LogP contribution in [0, 0.1) is 5.82 Å². The number of hydrogen-bond donors (Lipinski definition) is 1. The molecule has 0 radical (unpaired) electrons. The maximum absolute atomic E-state index is 13.0. The van der Waals surface area contributed by atoms with Gasteiger partial charge in [0.1, 0.15) is 5.82 Å². The molecule has 2 nitrogen and oxygen atoms in total. The largest absolute Gasteiger partial charge is 0.377 e. The predicted octanol–water partition coefficient (Wildman–Crippen LogP) is 3.92. The molecule has 1 N–H and O–H groups in total. The summed E-state index contributed by atoms with van der Waals surface area (Å²) in [5.74, 6) is -0.369. The van der Waals surface area contributed by atoms with Crippen LogP contribution in [0.5, 0.6) is 0 Å². The Kier molecular flexibility index (Phi) is 6.08. The van der Waals surface area contributed by atoms with Crippen LogP contribution in [0.2, 0.25) is 5.02 Å². The van der Waals surface area contributed by atoms with Crippen LogP contribution in [0.15, 0.2) is 18.2 Å². The summed E-state index contributed by atoms with van der Waals surface area (Å²) in [6.07, 6.45) is 6.80. The van der Waals surface area contributed by atoms with Crippen LogP contribution in [0.3, 0.4) is 0 Å². The predicted molar refractivity (Wildman–Crippen MR) is 75.9 cm³/mol. The number of benzene rings is 1. The summed E-state index contributed by atoms with van der Waals surface area (Å²) in [6.45, 7) is 2.24. The molecule has 106 valence electrons. The molecule has 0 atom stereocenters. The molecule has 4 heteroatoms. The van der Waals surface area contributed by atoms with Crippen LogP contribution >= 0.6 is 11.6 Å². The Morgan fingerprint density at radius 1 is 1.26 bits per heavy atom. The number of halogens is 2. The van der Waals surface area contributed by atoms with E-state index in [2.05, 4.69) is 5.32 Å². The van der Waals surface area contributed by atoms with Crippen molar-refractivity contribution in [3.63, 3.8) is 0 Å². The Hall–Kier alpha value is -0.640. The maximum atomic E-state index is 13.0. The van der Waals surface area contributed by atoms with Gasteiger partial charge in [0, 0.05) is 13.1 Å². The second-order valence-electron chi connectivity index (χ2n) is 5.06. The van der Waals surface area contributed by atoms with E-state index in [1.807, 2.05) is 0 Å². The highest BCUT2D eigenvalue weighted by molar-refractivity contribution is 6.30. The van der Waals surface area contributed by atoms with Gasteiger partial charge in [0.15, 0.2) is 0 Å². The van der Waals surface area contributed by atoms with Gasteiger partial charge < -0.3 is 10.1 Å². The molecule has 1 fully saturated rings. The quantitative estimate of drug-likeness (QED) is 0.800. The Labute approximate surface area is 119 Å². The van der Waals surface area contributed by atoms with Gasteiger partial charge in [-0.15, -0.1) is 0 Å². The monoisotopic (exact) mass is 285 g/mol. The Morgan fingerprint density at radius 3 is 2.79 bits per heavy atom. The molecule has 0 aromatic heterocycles. The second kappa shape index (κ2) is 7.83. The SMILES string of the molecule is Fc1ccc(CNCCOC2CCCCC2)cc1Cl. The van der Waals surface area contributed by atoms with E-state index < -0.39 is 0 Å². The molecule has 1 aromatic carbocycles. The lowest BCUT2D eigenvalue weighted by Gasteiger charge is -2.22. The molecule has 1 aliphatic rings. The van der Waals surface area contributed by atoms with E-state index >= 15 is 0 Å². The lowest BCUT2D eigenvalue weighted by Crippen LogP contribution is -2.24. The number of hydrogen-bond acceptors (Lipinski definition) is 2. The molecule has 0 amide bonds.